The summed E-state index contributed by atoms with van der Waals surface area (Å²) in [5, 5.41) is 0.910. The molecule has 1 atom stereocenters. The summed E-state index contributed by atoms with van der Waals surface area (Å²) < 4.78 is 18.7. The topological polar surface area (TPSA) is 60.9 Å². The molecule has 4 aromatic rings. The molecule has 3 aromatic carbocycles. The van der Waals surface area contributed by atoms with E-state index in [9.17, 15) is 4.79 Å². The molecule has 0 saturated heterocycles. The highest BCUT2D eigenvalue weighted by Gasteiger charge is 2.57. The van der Waals surface area contributed by atoms with E-state index in [4.69, 9.17) is 19.2 Å². The largest absolute Gasteiger partial charge is 0.491 e. The minimum atomic E-state index is -0.890. The predicted octanol–water partition coefficient (Wildman–Crippen LogP) is 4.29. The molecule has 0 aliphatic carbocycles. The first-order valence-electron chi connectivity index (χ1n) is 10.6. The molecule has 6 nitrogen and oxygen atoms in total. The third-order valence-electron chi connectivity index (χ3n) is 6.44. The van der Waals surface area contributed by atoms with Gasteiger partial charge in [-0.1, -0.05) is 30.3 Å². The van der Waals surface area contributed by atoms with Crippen LogP contribution in [0, 0.1) is 0 Å². The fourth-order valence-corrected chi connectivity index (χ4v) is 5.95. The van der Waals surface area contributed by atoms with Gasteiger partial charge in [0.2, 0.25) is 5.91 Å². The molecular formula is C25H18N2O4S. The second-order valence-electron chi connectivity index (χ2n) is 8.17. The van der Waals surface area contributed by atoms with Crippen LogP contribution in [0.3, 0.4) is 0 Å². The van der Waals surface area contributed by atoms with Crippen molar-refractivity contribution in [3.8, 4) is 17.2 Å². The summed E-state index contributed by atoms with van der Waals surface area (Å²) in [5.41, 5.74) is 2.77. The van der Waals surface area contributed by atoms with Crippen LogP contribution >= 0.6 is 11.3 Å². The smallest absolute Gasteiger partial charge is 0.246 e. The minimum Gasteiger partial charge on any atom is -0.491 e. The third kappa shape index (κ3) is 2.34. The van der Waals surface area contributed by atoms with Crippen molar-refractivity contribution in [1.29, 1.82) is 0 Å². The van der Waals surface area contributed by atoms with Crippen LogP contribution in [0.25, 0.3) is 10.2 Å². The molecule has 7 rings (SSSR count). The van der Waals surface area contributed by atoms with Crippen molar-refractivity contribution in [2.75, 3.05) is 24.7 Å². The van der Waals surface area contributed by atoms with Gasteiger partial charge in [-0.15, -0.1) is 11.3 Å². The average molecular weight is 442 g/mol. The van der Waals surface area contributed by atoms with Crippen molar-refractivity contribution >= 4 is 33.1 Å². The normalized spacial score (nSPS) is 20.5. The summed E-state index contributed by atoms with van der Waals surface area (Å²) in [6, 6.07) is 19.8. The number of para-hydroxylation sites is 2. The summed E-state index contributed by atoms with van der Waals surface area (Å²) in [6.07, 6.45) is 0. The van der Waals surface area contributed by atoms with Crippen LogP contribution in [0.5, 0.6) is 17.2 Å². The highest BCUT2D eigenvalue weighted by Crippen LogP contribution is 2.55. The number of thiazole rings is 1. The maximum Gasteiger partial charge on any atom is 0.246 e. The van der Waals surface area contributed by atoms with Crippen LogP contribution < -0.4 is 19.1 Å². The molecule has 1 spiro atoms. The Morgan fingerprint density at radius 1 is 0.906 bits per heavy atom. The number of carbonyl (C=O) groups is 1. The highest BCUT2D eigenvalue weighted by molar-refractivity contribution is 7.18. The molecule has 3 aliphatic heterocycles. The molecule has 0 radical (unpaired) electrons. The van der Waals surface area contributed by atoms with E-state index >= 15 is 0 Å². The number of benzene rings is 3. The first-order valence-corrected chi connectivity index (χ1v) is 11.4. The fraction of sp³-hybridized carbons (Fsp3) is 0.200. The molecule has 0 fully saturated rings. The zero-order valence-corrected chi connectivity index (χ0v) is 17.9. The number of hydrogen-bond donors (Lipinski definition) is 0. The quantitative estimate of drug-likeness (QED) is 0.463. The Morgan fingerprint density at radius 2 is 1.69 bits per heavy atom. The van der Waals surface area contributed by atoms with Crippen molar-refractivity contribution in [2.45, 2.75) is 12.0 Å². The summed E-state index contributed by atoms with van der Waals surface area (Å²) in [5.74, 6) is 2.01. The van der Waals surface area contributed by atoms with Gasteiger partial charge in [0.05, 0.1) is 16.8 Å². The number of nitrogens with zero attached hydrogens (tertiary/aromatic N) is 2. The van der Waals surface area contributed by atoms with Gasteiger partial charge in [-0.3, -0.25) is 4.79 Å². The van der Waals surface area contributed by atoms with E-state index in [0.29, 0.717) is 37.0 Å². The standard InChI is InChI=1S/C25H18N2O4S/c28-24-25(14-31-19-12-21-20(11-16(19)25)29-9-10-30-21)15-5-1-3-7-18(15)27(24)13-23-26-17-6-2-4-8-22(17)32-23/h1-8,11-12H,9-10,13-14H2. The van der Waals surface area contributed by atoms with Crippen molar-refractivity contribution in [2.24, 2.45) is 0 Å². The number of anilines is 1. The Kier molecular flexibility index (Phi) is 3.64. The zero-order valence-electron chi connectivity index (χ0n) is 17.0. The Bertz CT molecular complexity index is 1380. The first-order chi connectivity index (χ1) is 15.7. The van der Waals surface area contributed by atoms with Crippen LogP contribution in [-0.2, 0) is 16.8 Å². The molecule has 0 bridgehead atoms. The van der Waals surface area contributed by atoms with E-state index in [0.717, 1.165) is 32.0 Å². The van der Waals surface area contributed by atoms with E-state index < -0.39 is 5.41 Å². The van der Waals surface area contributed by atoms with Gasteiger partial charge in [0.1, 0.15) is 36.0 Å². The van der Waals surface area contributed by atoms with Crippen LogP contribution in [-0.4, -0.2) is 30.7 Å². The monoisotopic (exact) mass is 442 g/mol. The summed E-state index contributed by atoms with van der Waals surface area (Å²) in [4.78, 5) is 20.7. The lowest BCUT2D eigenvalue weighted by atomic mass is 9.77. The Labute approximate surface area is 188 Å². The van der Waals surface area contributed by atoms with Crippen molar-refractivity contribution < 1.29 is 19.0 Å². The molecule has 1 amide bonds. The van der Waals surface area contributed by atoms with Crippen LogP contribution in [0.4, 0.5) is 5.69 Å². The van der Waals surface area contributed by atoms with Crippen LogP contribution in [0.2, 0.25) is 0 Å². The predicted molar refractivity (Wildman–Crippen MR) is 121 cm³/mol. The molecule has 158 valence electrons. The number of fused-ring (bicyclic) bond motifs is 6. The number of hydrogen-bond acceptors (Lipinski definition) is 6. The molecule has 1 aromatic heterocycles. The average Bonchev–Trinajstić information content (AvgIpc) is 3.48. The number of ether oxygens (including phenoxy) is 3. The number of amides is 1. The Morgan fingerprint density at radius 3 is 2.56 bits per heavy atom. The summed E-state index contributed by atoms with van der Waals surface area (Å²) in [7, 11) is 0. The second-order valence-corrected chi connectivity index (χ2v) is 9.29. The summed E-state index contributed by atoms with van der Waals surface area (Å²) in [6.45, 7) is 1.69. The van der Waals surface area contributed by atoms with Gasteiger partial charge in [0.25, 0.3) is 0 Å². The van der Waals surface area contributed by atoms with Crippen molar-refractivity contribution in [1.82, 2.24) is 4.98 Å². The molecule has 1 unspecified atom stereocenters. The molecular weight excluding hydrogens is 424 g/mol. The molecule has 4 heterocycles. The van der Waals surface area contributed by atoms with Gasteiger partial charge in [0, 0.05) is 17.3 Å². The van der Waals surface area contributed by atoms with Gasteiger partial charge in [-0.25, -0.2) is 4.98 Å². The minimum absolute atomic E-state index is 0.00776. The molecule has 3 aliphatic rings. The number of aromatic nitrogens is 1. The van der Waals surface area contributed by atoms with Crippen LogP contribution in [0.15, 0.2) is 60.7 Å². The lowest BCUT2D eigenvalue weighted by molar-refractivity contribution is -0.122. The SMILES string of the molecule is O=C1N(Cc2nc3ccccc3s2)c2ccccc2C12COc1cc3c(cc12)OCCO3. The Hall–Kier alpha value is -3.58. The van der Waals surface area contributed by atoms with Crippen molar-refractivity contribution in [3.63, 3.8) is 0 Å². The highest BCUT2D eigenvalue weighted by atomic mass is 32.1. The van der Waals surface area contributed by atoms with E-state index in [1.165, 1.54) is 0 Å². The van der Waals surface area contributed by atoms with E-state index in [2.05, 4.69) is 6.07 Å². The van der Waals surface area contributed by atoms with E-state index in [1.54, 1.807) is 11.3 Å². The lowest BCUT2D eigenvalue weighted by Gasteiger charge is -2.24. The molecule has 0 saturated carbocycles. The van der Waals surface area contributed by atoms with Gasteiger partial charge >= 0.3 is 0 Å². The first kappa shape index (κ1) is 18.0. The molecule has 0 N–H and O–H groups in total. The van der Waals surface area contributed by atoms with Gasteiger partial charge < -0.3 is 19.1 Å². The van der Waals surface area contributed by atoms with Gasteiger partial charge in [0.15, 0.2) is 11.5 Å². The fourth-order valence-electron chi connectivity index (χ4n) is 4.99. The third-order valence-corrected chi connectivity index (χ3v) is 7.47. The molecule has 32 heavy (non-hydrogen) atoms. The van der Waals surface area contributed by atoms with E-state index in [-0.39, 0.29) is 12.5 Å². The van der Waals surface area contributed by atoms with Crippen molar-refractivity contribution in [3.05, 3.63) is 76.8 Å². The van der Waals surface area contributed by atoms with Gasteiger partial charge in [-0.2, -0.15) is 0 Å². The van der Waals surface area contributed by atoms with Gasteiger partial charge in [-0.05, 0) is 29.8 Å². The summed E-state index contributed by atoms with van der Waals surface area (Å²) >= 11 is 1.62. The zero-order chi connectivity index (χ0) is 21.3. The Balaban J connectivity index is 1.36. The lowest BCUT2D eigenvalue weighted by Crippen LogP contribution is -2.42. The number of rotatable bonds is 2. The number of carbonyl (C=O) groups excluding carboxylic acids is 1. The second kappa shape index (κ2) is 6.46. The maximum atomic E-state index is 14.1. The molecule has 7 heteroatoms. The maximum absolute atomic E-state index is 14.1. The van der Waals surface area contributed by atoms with E-state index in [1.807, 2.05) is 59.5 Å². The van der Waals surface area contributed by atoms with Crippen LogP contribution in [0.1, 0.15) is 16.1 Å².